The molecule has 0 saturated carbocycles. The molecule has 0 spiro atoms. The van der Waals surface area contributed by atoms with Gasteiger partial charge in [0.2, 0.25) is 5.91 Å². The summed E-state index contributed by atoms with van der Waals surface area (Å²) in [5, 5.41) is 1.72. The number of nitrogens with zero attached hydrogens (tertiary/aromatic N) is 3. The highest BCUT2D eigenvalue weighted by atomic mass is 35.5. The van der Waals surface area contributed by atoms with Crippen molar-refractivity contribution in [3.63, 3.8) is 0 Å². The molecule has 26 heavy (non-hydrogen) atoms. The fraction of sp³-hybridized carbons (Fsp3) is 0.500. The predicted molar refractivity (Wildman–Crippen MR) is 102 cm³/mol. The molecule has 0 aliphatic carbocycles. The van der Waals surface area contributed by atoms with Crippen molar-refractivity contribution in [1.82, 2.24) is 14.4 Å². The number of sulfone groups is 1. The lowest BCUT2D eigenvalue weighted by Gasteiger charge is -2.37. The molecular formula is C18H22ClN3O3S. The number of hydrogen-bond acceptors (Lipinski definition) is 4. The van der Waals surface area contributed by atoms with Gasteiger partial charge in [-0.05, 0) is 30.0 Å². The predicted octanol–water partition coefficient (Wildman–Crippen LogP) is 1.63. The fourth-order valence-electron chi connectivity index (χ4n) is 3.94. The summed E-state index contributed by atoms with van der Waals surface area (Å²) < 4.78 is 25.3. The van der Waals surface area contributed by atoms with Crippen molar-refractivity contribution in [3.05, 3.63) is 35.5 Å². The van der Waals surface area contributed by atoms with Gasteiger partial charge in [0.25, 0.3) is 0 Å². The molecule has 1 amide bonds. The van der Waals surface area contributed by atoms with Crippen molar-refractivity contribution in [2.75, 3.05) is 37.7 Å². The smallest absolute Gasteiger partial charge is 0.242 e. The van der Waals surface area contributed by atoms with Gasteiger partial charge in [-0.2, -0.15) is 0 Å². The molecule has 2 aromatic rings. The molecule has 1 aromatic heterocycles. The van der Waals surface area contributed by atoms with Gasteiger partial charge in [-0.25, -0.2) is 8.42 Å². The van der Waals surface area contributed by atoms with E-state index in [9.17, 15) is 13.2 Å². The Morgan fingerprint density at radius 3 is 2.62 bits per heavy atom. The standard InChI is InChI=1S/C18H22ClN3O3S/c19-15-2-1-14-3-5-22(17(14)11-15)12-18(23)21-8-6-20(7-9-21)16-4-10-26(24,25)13-16/h1-3,5,11,16H,4,6-10,12-13H2/t16-/m1/s1. The van der Waals surface area contributed by atoms with Gasteiger partial charge in [0.15, 0.2) is 9.84 Å². The summed E-state index contributed by atoms with van der Waals surface area (Å²) in [4.78, 5) is 16.8. The number of amides is 1. The van der Waals surface area contributed by atoms with E-state index >= 15 is 0 Å². The highest BCUT2D eigenvalue weighted by Crippen LogP contribution is 2.22. The van der Waals surface area contributed by atoms with E-state index in [0.29, 0.717) is 36.8 Å². The van der Waals surface area contributed by atoms with E-state index in [4.69, 9.17) is 11.6 Å². The largest absolute Gasteiger partial charge is 0.339 e. The normalized spacial score (nSPS) is 23.6. The molecule has 1 aromatic carbocycles. The lowest BCUT2D eigenvalue weighted by molar-refractivity contribution is -0.133. The van der Waals surface area contributed by atoms with Crippen LogP contribution in [-0.2, 0) is 21.2 Å². The summed E-state index contributed by atoms with van der Waals surface area (Å²) in [5.41, 5.74) is 0.959. The second-order valence-electron chi connectivity index (χ2n) is 7.12. The quantitative estimate of drug-likeness (QED) is 0.792. The van der Waals surface area contributed by atoms with E-state index in [-0.39, 0.29) is 17.7 Å². The van der Waals surface area contributed by atoms with Crippen molar-refractivity contribution in [3.8, 4) is 0 Å². The molecule has 8 heteroatoms. The van der Waals surface area contributed by atoms with Crippen molar-refractivity contribution in [2.45, 2.75) is 19.0 Å². The summed E-state index contributed by atoms with van der Waals surface area (Å²) >= 11 is 6.07. The summed E-state index contributed by atoms with van der Waals surface area (Å²) in [5.74, 6) is 0.637. The van der Waals surface area contributed by atoms with E-state index in [1.54, 1.807) is 0 Å². The van der Waals surface area contributed by atoms with Crippen LogP contribution < -0.4 is 0 Å². The third-order valence-electron chi connectivity index (χ3n) is 5.43. The number of halogens is 1. The van der Waals surface area contributed by atoms with Crippen LogP contribution in [0.4, 0.5) is 0 Å². The Balaban J connectivity index is 1.37. The monoisotopic (exact) mass is 395 g/mol. The molecule has 2 saturated heterocycles. The first-order valence-electron chi connectivity index (χ1n) is 8.88. The molecule has 140 valence electrons. The maximum absolute atomic E-state index is 12.7. The first kappa shape index (κ1) is 17.8. The van der Waals surface area contributed by atoms with Crippen LogP contribution in [0.2, 0.25) is 5.02 Å². The Bertz CT molecular complexity index is 932. The number of piperazine rings is 1. The molecule has 2 aliphatic rings. The number of carbonyl (C=O) groups is 1. The van der Waals surface area contributed by atoms with E-state index in [0.717, 1.165) is 24.0 Å². The maximum atomic E-state index is 12.7. The second kappa shape index (κ2) is 6.87. The third kappa shape index (κ3) is 3.61. The molecule has 0 radical (unpaired) electrons. The van der Waals surface area contributed by atoms with Crippen LogP contribution in [0.5, 0.6) is 0 Å². The molecule has 0 unspecified atom stereocenters. The molecule has 4 rings (SSSR count). The average molecular weight is 396 g/mol. The van der Waals surface area contributed by atoms with Crippen LogP contribution in [0.3, 0.4) is 0 Å². The van der Waals surface area contributed by atoms with Gasteiger partial charge in [-0.3, -0.25) is 9.69 Å². The van der Waals surface area contributed by atoms with Crippen LogP contribution in [0, 0.1) is 0 Å². The Morgan fingerprint density at radius 2 is 1.92 bits per heavy atom. The number of rotatable bonds is 3. The minimum Gasteiger partial charge on any atom is -0.339 e. The third-order valence-corrected chi connectivity index (χ3v) is 7.42. The van der Waals surface area contributed by atoms with Gasteiger partial charge in [0.1, 0.15) is 6.54 Å². The molecular weight excluding hydrogens is 374 g/mol. The van der Waals surface area contributed by atoms with Gasteiger partial charge in [0, 0.05) is 49.0 Å². The van der Waals surface area contributed by atoms with Gasteiger partial charge in [-0.15, -0.1) is 0 Å². The van der Waals surface area contributed by atoms with Crippen molar-refractivity contribution >= 4 is 38.2 Å². The van der Waals surface area contributed by atoms with Crippen LogP contribution in [-0.4, -0.2) is 72.4 Å². The number of fused-ring (bicyclic) bond motifs is 1. The summed E-state index contributed by atoms with van der Waals surface area (Å²) in [6.07, 6.45) is 2.63. The van der Waals surface area contributed by atoms with E-state index < -0.39 is 9.84 Å². The van der Waals surface area contributed by atoms with Gasteiger partial charge < -0.3 is 9.47 Å². The summed E-state index contributed by atoms with van der Waals surface area (Å²) in [6.45, 7) is 3.07. The molecule has 2 fully saturated rings. The molecule has 2 aliphatic heterocycles. The number of benzene rings is 1. The lowest BCUT2D eigenvalue weighted by atomic mass is 10.2. The van der Waals surface area contributed by atoms with Gasteiger partial charge in [-0.1, -0.05) is 17.7 Å². The minimum absolute atomic E-state index is 0.0844. The summed E-state index contributed by atoms with van der Waals surface area (Å²) in [6, 6.07) is 7.78. The van der Waals surface area contributed by atoms with Crippen LogP contribution in [0.1, 0.15) is 6.42 Å². The first-order chi connectivity index (χ1) is 12.4. The SMILES string of the molecule is O=C(Cn1ccc2ccc(Cl)cc21)N1CCN([C@@H]2CCS(=O)(=O)C2)CC1. The van der Waals surface area contributed by atoms with Crippen LogP contribution in [0.15, 0.2) is 30.5 Å². The second-order valence-corrected chi connectivity index (χ2v) is 9.79. The highest BCUT2D eigenvalue weighted by Gasteiger charge is 2.34. The van der Waals surface area contributed by atoms with E-state index in [1.807, 2.05) is 39.9 Å². The Morgan fingerprint density at radius 1 is 1.15 bits per heavy atom. The zero-order chi connectivity index (χ0) is 18.3. The average Bonchev–Trinajstić information content (AvgIpc) is 3.18. The van der Waals surface area contributed by atoms with Crippen molar-refractivity contribution < 1.29 is 13.2 Å². The van der Waals surface area contributed by atoms with Crippen molar-refractivity contribution in [1.29, 1.82) is 0 Å². The van der Waals surface area contributed by atoms with E-state index in [1.165, 1.54) is 0 Å². The molecule has 0 bridgehead atoms. The zero-order valence-electron chi connectivity index (χ0n) is 14.5. The van der Waals surface area contributed by atoms with Crippen LogP contribution >= 0.6 is 11.6 Å². The molecule has 1 atom stereocenters. The molecule has 0 N–H and O–H groups in total. The lowest BCUT2D eigenvalue weighted by Crippen LogP contribution is -2.52. The van der Waals surface area contributed by atoms with Gasteiger partial charge in [0.05, 0.1) is 11.5 Å². The minimum atomic E-state index is -2.87. The highest BCUT2D eigenvalue weighted by molar-refractivity contribution is 7.91. The van der Waals surface area contributed by atoms with Crippen molar-refractivity contribution in [2.24, 2.45) is 0 Å². The zero-order valence-corrected chi connectivity index (χ0v) is 16.0. The summed E-state index contributed by atoms with van der Waals surface area (Å²) in [7, 11) is -2.87. The first-order valence-corrected chi connectivity index (χ1v) is 11.1. The van der Waals surface area contributed by atoms with Crippen LogP contribution in [0.25, 0.3) is 10.9 Å². The van der Waals surface area contributed by atoms with Gasteiger partial charge >= 0.3 is 0 Å². The Kier molecular flexibility index (Phi) is 4.71. The Labute approximate surface area is 158 Å². The number of aromatic nitrogens is 1. The molecule has 6 nitrogen and oxygen atoms in total. The maximum Gasteiger partial charge on any atom is 0.242 e. The Hall–Kier alpha value is -1.57. The van der Waals surface area contributed by atoms with E-state index in [2.05, 4.69) is 4.90 Å². The number of carbonyl (C=O) groups excluding carboxylic acids is 1. The fourth-order valence-corrected chi connectivity index (χ4v) is 5.87. The number of hydrogen-bond donors (Lipinski definition) is 0. The molecule has 3 heterocycles. The topological polar surface area (TPSA) is 62.6 Å².